The molecular weight excluding hydrogens is 304 g/mol. The molecule has 1 aliphatic rings. The molecular formula is C17H24N6O. The minimum atomic E-state index is -0.197. The number of piperidine rings is 1. The molecule has 1 saturated heterocycles. The number of aromatic nitrogens is 4. The molecule has 2 aromatic rings. The number of hydrogen-bond donors (Lipinski definition) is 2. The van der Waals surface area contributed by atoms with Crippen molar-refractivity contribution in [3.8, 4) is 0 Å². The summed E-state index contributed by atoms with van der Waals surface area (Å²) in [5.41, 5.74) is 3.24. The molecule has 2 aromatic heterocycles. The van der Waals surface area contributed by atoms with E-state index in [2.05, 4.69) is 37.3 Å². The minimum absolute atomic E-state index is 0.111. The molecule has 0 radical (unpaired) electrons. The van der Waals surface area contributed by atoms with Crippen LogP contribution in [-0.4, -0.2) is 46.2 Å². The normalized spacial score (nSPS) is 20.9. The van der Waals surface area contributed by atoms with Crippen LogP contribution in [0.5, 0.6) is 0 Å². The molecule has 0 aliphatic carbocycles. The fourth-order valence-corrected chi connectivity index (χ4v) is 3.52. The summed E-state index contributed by atoms with van der Waals surface area (Å²) in [5.74, 6) is 0.652. The van der Waals surface area contributed by atoms with Crippen molar-refractivity contribution in [2.45, 2.75) is 39.0 Å². The predicted molar refractivity (Wildman–Crippen MR) is 92.3 cm³/mol. The molecule has 0 saturated carbocycles. The molecule has 0 spiro atoms. The number of carbonyl (C=O) groups is 1. The van der Waals surface area contributed by atoms with Crippen molar-refractivity contribution >= 4 is 11.9 Å². The first-order valence-corrected chi connectivity index (χ1v) is 8.26. The van der Waals surface area contributed by atoms with Crippen LogP contribution < -0.4 is 10.2 Å². The van der Waals surface area contributed by atoms with E-state index in [0.29, 0.717) is 5.56 Å². The standard InChI is InChI=1S/C17H24N6O/c1-11-8-12(2)21-16(20-11)23-7-5-6-17(3,10-23)14-13(9-19-22-14)15(24)18-4/h8-9H,5-7,10H2,1-4H3,(H,18,24)(H,19,22). The molecule has 1 unspecified atom stereocenters. The molecule has 7 nitrogen and oxygen atoms in total. The quantitative estimate of drug-likeness (QED) is 0.896. The van der Waals surface area contributed by atoms with Crippen molar-refractivity contribution in [2.24, 2.45) is 0 Å². The second kappa shape index (κ2) is 6.22. The number of aromatic amines is 1. The fourth-order valence-electron chi connectivity index (χ4n) is 3.52. The predicted octanol–water partition coefficient (Wildman–Crippen LogP) is 1.73. The van der Waals surface area contributed by atoms with Crippen LogP contribution in [0.3, 0.4) is 0 Å². The Bertz CT molecular complexity index is 735. The highest BCUT2D eigenvalue weighted by molar-refractivity contribution is 5.95. The second-order valence-corrected chi connectivity index (χ2v) is 6.77. The zero-order valence-electron chi connectivity index (χ0n) is 14.7. The molecule has 3 heterocycles. The summed E-state index contributed by atoms with van der Waals surface area (Å²) in [6.45, 7) is 7.81. The molecule has 0 aromatic carbocycles. The first kappa shape index (κ1) is 16.4. The summed E-state index contributed by atoms with van der Waals surface area (Å²) in [7, 11) is 1.64. The van der Waals surface area contributed by atoms with E-state index in [1.165, 1.54) is 0 Å². The van der Waals surface area contributed by atoms with Gasteiger partial charge in [-0.1, -0.05) is 6.92 Å². The summed E-state index contributed by atoms with van der Waals surface area (Å²) < 4.78 is 0. The third kappa shape index (κ3) is 2.98. The lowest BCUT2D eigenvalue weighted by molar-refractivity contribution is 0.0960. The van der Waals surface area contributed by atoms with E-state index < -0.39 is 0 Å². The van der Waals surface area contributed by atoms with Crippen LogP contribution >= 0.6 is 0 Å². The van der Waals surface area contributed by atoms with Gasteiger partial charge in [-0.3, -0.25) is 9.89 Å². The molecule has 1 aliphatic heterocycles. The van der Waals surface area contributed by atoms with Crippen molar-refractivity contribution in [3.05, 3.63) is 34.9 Å². The van der Waals surface area contributed by atoms with Crippen LogP contribution in [0.25, 0.3) is 0 Å². The second-order valence-electron chi connectivity index (χ2n) is 6.77. The van der Waals surface area contributed by atoms with E-state index >= 15 is 0 Å². The number of carbonyl (C=O) groups excluding carboxylic acids is 1. The number of nitrogens with one attached hydrogen (secondary N) is 2. The Morgan fingerprint density at radius 2 is 2.04 bits per heavy atom. The number of rotatable bonds is 3. The van der Waals surface area contributed by atoms with Gasteiger partial charge < -0.3 is 10.2 Å². The van der Waals surface area contributed by atoms with Crippen LogP contribution in [0.2, 0.25) is 0 Å². The number of hydrogen-bond acceptors (Lipinski definition) is 5. The molecule has 0 bridgehead atoms. The van der Waals surface area contributed by atoms with Gasteiger partial charge in [0.15, 0.2) is 0 Å². The lowest BCUT2D eigenvalue weighted by atomic mass is 9.77. The summed E-state index contributed by atoms with van der Waals surface area (Å²) >= 11 is 0. The van der Waals surface area contributed by atoms with Gasteiger partial charge in [-0.2, -0.15) is 5.10 Å². The summed E-state index contributed by atoms with van der Waals surface area (Å²) in [6.07, 6.45) is 3.60. The van der Waals surface area contributed by atoms with Crippen molar-refractivity contribution in [3.63, 3.8) is 0 Å². The highest BCUT2D eigenvalue weighted by atomic mass is 16.1. The Kier molecular flexibility index (Phi) is 4.26. The summed E-state index contributed by atoms with van der Waals surface area (Å²) in [5, 5.41) is 9.83. The SMILES string of the molecule is CNC(=O)c1cn[nH]c1C1(C)CCCN(c2nc(C)cc(C)n2)C1. The van der Waals surface area contributed by atoms with Crippen molar-refractivity contribution in [1.29, 1.82) is 0 Å². The molecule has 24 heavy (non-hydrogen) atoms. The number of H-pyrrole nitrogens is 1. The van der Waals surface area contributed by atoms with Crippen LogP contribution in [0, 0.1) is 13.8 Å². The smallest absolute Gasteiger partial charge is 0.254 e. The Morgan fingerprint density at radius 3 is 2.71 bits per heavy atom. The Balaban J connectivity index is 1.92. The zero-order valence-corrected chi connectivity index (χ0v) is 14.7. The number of anilines is 1. The van der Waals surface area contributed by atoms with Crippen LogP contribution in [0.1, 0.15) is 47.2 Å². The topological polar surface area (TPSA) is 86.8 Å². The molecule has 2 N–H and O–H groups in total. The third-order valence-electron chi connectivity index (χ3n) is 4.66. The van der Waals surface area contributed by atoms with Gasteiger partial charge in [-0.25, -0.2) is 9.97 Å². The monoisotopic (exact) mass is 328 g/mol. The lowest BCUT2D eigenvalue weighted by Crippen LogP contribution is -2.46. The number of aryl methyl sites for hydroxylation is 2. The maximum atomic E-state index is 12.1. The molecule has 1 fully saturated rings. The maximum absolute atomic E-state index is 12.1. The van der Waals surface area contributed by atoms with Crippen molar-refractivity contribution < 1.29 is 4.79 Å². The number of nitrogens with zero attached hydrogens (tertiary/aromatic N) is 4. The molecule has 128 valence electrons. The van der Waals surface area contributed by atoms with E-state index in [0.717, 1.165) is 49.0 Å². The van der Waals surface area contributed by atoms with Gasteiger partial charge in [0, 0.05) is 36.9 Å². The average Bonchev–Trinajstić information content (AvgIpc) is 3.04. The maximum Gasteiger partial charge on any atom is 0.254 e. The summed E-state index contributed by atoms with van der Waals surface area (Å²) in [6, 6.07) is 1.98. The average molecular weight is 328 g/mol. The molecule has 1 amide bonds. The highest BCUT2D eigenvalue weighted by Gasteiger charge is 2.37. The first-order valence-electron chi connectivity index (χ1n) is 8.26. The minimum Gasteiger partial charge on any atom is -0.355 e. The molecule has 1 atom stereocenters. The van der Waals surface area contributed by atoms with E-state index in [1.54, 1.807) is 13.2 Å². The Labute approximate surface area is 141 Å². The Morgan fingerprint density at radius 1 is 1.33 bits per heavy atom. The van der Waals surface area contributed by atoms with Gasteiger partial charge in [0.25, 0.3) is 5.91 Å². The van der Waals surface area contributed by atoms with E-state index in [4.69, 9.17) is 0 Å². The zero-order chi connectivity index (χ0) is 17.3. The van der Waals surface area contributed by atoms with Crippen molar-refractivity contribution in [1.82, 2.24) is 25.5 Å². The molecule has 3 rings (SSSR count). The third-order valence-corrected chi connectivity index (χ3v) is 4.66. The van der Waals surface area contributed by atoms with Gasteiger partial charge in [-0.15, -0.1) is 0 Å². The van der Waals surface area contributed by atoms with Crippen molar-refractivity contribution in [2.75, 3.05) is 25.0 Å². The number of amides is 1. The molecule has 7 heteroatoms. The fraction of sp³-hybridized carbons (Fsp3) is 0.529. The Hall–Kier alpha value is -2.44. The first-order chi connectivity index (χ1) is 11.4. The lowest BCUT2D eigenvalue weighted by Gasteiger charge is -2.40. The van der Waals surface area contributed by atoms with Gasteiger partial charge in [0.2, 0.25) is 5.95 Å². The van der Waals surface area contributed by atoms with E-state index in [9.17, 15) is 4.79 Å². The largest absolute Gasteiger partial charge is 0.355 e. The van der Waals surface area contributed by atoms with Crippen LogP contribution in [0.15, 0.2) is 12.3 Å². The van der Waals surface area contributed by atoms with E-state index in [1.807, 2.05) is 19.9 Å². The van der Waals surface area contributed by atoms with Crippen LogP contribution in [-0.2, 0) is 5.41 Å². The summed E-state index contributed by atoms with van der Waals surface area (Å²) in [4.78, 5) is 23.5. The van der Waals surface area contributed by atoms with Crippen LogP contribution in [0.4, 0.5) is 5.95 Å². The van der Waals surface area contributed by atoms with Gasteiger partial charge in [-0.05, 0) is 32.8 Å². The highest BCUT2D eigenvalue weighted by Crippen LogP contribution is 2.35. The van der Waals surface area contributed by atoms with Gasteiger partial charge in [0.1, 0.15) is 0 Å². The van der Waals surface area contributed by atoms with Gasteiger partial charge in [0.05, 0.1) is 17.5 Å². The van der Waals surface area contributed by atoms with E-state index in [-0.39, 0.29) is 11.3 Å². The van der Waals surface area contributed by atoms with Gasteiger partial charge >= 0.3 is 0 Å².